The molecule has 1 aliphatic heterocycles. The number of rotatable bonds is 4. The molecular weight excluding hydrogens is 368 g/mol. The van der Waals surface area contributed by atoms with E-state index in [-0.39, 0.29) is 11.8 Å². The second-order valence-electron chi connectivity index (χ2n) is 7.15. The Morgan fingerprint density at radius 2 is 1.48 bits per heavy atom. The van der Waals surface area contributed by atoms with Crippen molar-refractivity contribution in [2.24, 2.45) is 5.73 Å². The summed E-state index contributed by atoms with van der Waals surface area (Å²) in [5.74, 6) is -0.566. The third kappa shape index (κ3) is 3.85. The summed E-state index contributed by atoms with van der Waals surface area (Å²) in [6, 6.07) is 14.2. The predicted molar refractivity (Wildman–Crippen MR) is 109 cm³/mol. The van der Waals surface area contributed by atoms with Gasteiger partial charge in [-0.15, -0.1) is 0 Å². The molecule has 1 saturated heterocycles. The zero-order chi connectivity index (χ0) is 20.4. The van der Waals surface area contributed by atoms with Crippen LogP contribution in [0.2, 0.25) is 0 Å². The number of carbonyl (C=O) groups excluding carboxylic acids is 3. The lowest BCUT2D eigenvalue weighted by atomic mass is 10.1. The van der Waals surface area contributed by atoms with Gasteiger partial charge in [-0.2, -0.15) is 0 Å². The molecule has 0 spiro atoms. The van der Waals surface area contributed by atoms with Gasteiger partial charge < -0.3 is 20.5 Å². The molecule has 29 heavy (non-hydrogen) atoms. The van der Waals surface area contributed by atoms with E-state index in [4.69, 9.17) is 5.73 Å². The van der Waals surface area contributed by atoms with Crippen LogP contribution in [0.25, 0.3) is 10.9 Å². The highest BCUT2D eigenvalue weighted by atomic mass is 16.2. The SMILES string of the molecule is NC(=O)c1ccc(C(=O)N2CCN(C(=O)Cc3c[nH]c4ccccc34)CC2)cc1. The number of carbonyl (C=O) groups is 3. The van der Waals surface area contributed by atoms with E-state index in [1.165, 1.54) is 0 Å². The summed E-state index contributed by atoms with van der Waals surface area (Å²) in [5.41, 5.74) is 8.12. The highest BCUT2D eigenvalue weighted by molar-refractivity contribution is 5.97. The van der Waals surface area contributed by atoms with Gasteiger partial charge in [0.05, 0.1) is 6.42 Å². The summed E-state index contributed by atoms with van der Waals surface area (Å²) in [6.07, 6.45) is 2.23. The largest absolute Gasteiger partial charge is 0.366 e. The molecule has 0 radical (unpaired) electrons. The minimum Gasteiger partial charge on any atom is -0.366 e. The molecule has 3 amide bonds. The molecule has 4 rings (SSSR count). The van der Waals surface area contributed by atoms with Gasteiger partial charge in [0.2, 0.25) is 11.8 Å². The second-order valence-corrected chi connectivity index (χ2v) is 7.15. The predicted octanol–water partition coefficient (Wildman–Crippen LogP) is 1.79. The normalized spacial score (nSPS) is 14.2. The van der Waals surface area contributed by atoms with Gasteiger partial charge in [-0.3, -0.25) is 14.4 Å². The van der Waals surface area contributed by atoms with E-state index in [9.17, 15) is 14.4 Å². The number of fused-ring (bicyclic) bond motifs is 1. The van der Waals surface area contributed by atoms with Gasteiger partial charge in [0.1, 0.15) is 0 Å². The molecule has 7 heteroatoms. The van der Waals surface area contributed by atoms with Crippen LogP contribution in [0.4, 0.5) is 0 Å². The lowest BCUT2D eigenvalue weighted by molar-refractivity contribution is -0.131. The molecule has 1 aliphatic rings. The van der Waals surface area contributed by atoms with Crippen LogP contribution in [0.1, 0.15) is 26.3 Å². The van der Waals surface area contributed by atoms with Crippen molar-refractivity contribution in [2.45, 2.75) is 6.42 Å². The van der Waals surface area contributed by atoms with Crippen LogP contribution in [-0.2, 0) is 11.2 Å². The van der Waals surface area contributed by atoms with Crippen LogP contribution in [-0.4, -0.2) is 58.7 Å². The number of aromatic amines is 1. The number of benzene rings is 2. The summed E-state index contributed by atoms with van der Waals surface area (Å²) in [7, 11) is 0. The van der Waals surface area contributed by atoms with Crippen LogP contribution >= 0.6 is 0 Å². The van der Waals surface area contributed by atoms with E-state index >= 15 is 0 Å². The van der Waals surface area contributed by atoms with Crippen molar-refractivity contribution in [3.63, 3.8) is 0 Å². The fraction of sp³-hybridized carbons (Fsp3) is 0.227. The Morgan fingerprint density at radius 3 is 2.17 bits per heavy atom. The first-order valence-electron chi connectivity index (χ1n) is 9.55. The Morgan fingerprint density at radius 1 is 0.862 bits per heavy atom. The van der Waals surface area contributed by atoms with Gasteiger partial charge in [-0.05, 0) is 35.9 Å². The molecule has 148 valence electrons. The smallest absolute Gasteiger partial charge is 0.253 e. The molecule has 1 fully saturated rings. The first-order valence-corrected chi connectivity index (χ1v) is 9.55. The van der Waals surface area contributed by atoms with Crippen LogP contribution < -0.4 is 5.73 Å². The lowest BCUT2D eigenvalue weighted by Gasteiger charge is -2.35. The summed E-state index contributed by atoms with van der Waals surface area (Å²) in [6.45, 7) is 1.98. The van der Waals surface area contributed by atoms with Crippen LogP contribution in [0.5, 0.6) is 0 Å². The first-order chi connectivity index (χ1) is 14.0. The Bertz CT molecular complexity index is 1060. The number of H-pyrrole nitrogens is 1. The number of nitrogens with two attached hydrogens (primary N) is 1. The van der Waals surface area contributed by atoms with E-state index in [1.807, 2.05) is 35.4 Å². The van der Waals surface area contributed by atoms with Crippen molar-refractivity contribution in [3.05, 3.63) is 71.4 Å². The molecule has 3 aromatic rings. The Kier molecular flexibility index (Phi) is 5.03. The van der Waals surface area contributed by atoms with Crippen molar-refractivity contribution in [1.29, 1.82) is 0 Å². The second kappa shape index (κ2) is 7.79. The van der Waals surface area contributed by atoms with E-state index < -0.39 is 5.91 Å². The molecule has 0 atom stereocenters. The van der Waals surface area contributed by atoms with E-state index in [1.54, 1.807) is 29.2 Å². The maximum Gasteiger partial charge on any atom is 0.253 e. The molecule has 0 aliphatic carbocycles. The quantitative estimate of drug-likeness (QED) is 0.710. The fourth-order valence-corrected chi connectivity index (χ4v) is 3.67. The number of amides is 3. The summed E-state index contributed by atoms with van der Waals surface area (Å²) in [5, 5.41) is 1.06. The first kappa shape index (κ1) is 18.7. The van der Waals surface area contributed by atoms with Crippen molar-refractivity contribution in [1.82, 2.24) is 14.8 Å². The number of hydrogen-bond donors (Lipinski definition) is 2. The van der Waals surface area contributed by atoms with Gasteiger partial charge in [-0.1, -0.05) is 18.2 Å². The van der Waals surface area contributed by atoms with E-state index in [0.29, 0.717) is 43.7 Å². The monoisotopic (exact) mass is 390 g/mol. The standard InChI is InChI=1S/C22H22N4O3/c23-21(28)15-5-7-16(8-6-15)22(29)26-11-9-25(10-12-26)20(27)13-17-14-24-19-4-2-1-3-18(17)19/h1-8,14,24H,9-13H2,(H2,23,28). The number of nitrogens with zero attached hydrogens (tertiary/aromatic N) is 2. The molecule has 2 heterocycles. The van der Waals surface area contributed by atoms with Crippen molar-refractivity contribution < 1.29 is 14.4 Å². The maximum atomic E-state index is 12.7. The molecule has 0 unspecified atom stereocenters. The summed E-state index contributed by atoms with van der Waals surface area (Å²) >= 11 is 0. The highest BCUT2D eigenvalue weighted by Crippen LogP contribution is 2.19. The number of piperazine rings is 1. The van der Waals surface area contributed by atoms with Crippen molar-refractivity contribution in [3.8, 4) is 0 Å². The van der Waals surface area contributed by atoms with E-state index in [2.05, 4.69) is 4.98 Å². The van der Waals surface area contributed by atoms with Gasteiger partial charge in [-0.25, -0.2) is 0 Å². The zero-order valence-electron chi connectivity index (χ0n) is 15.9. The average molecular weight is 390 g/mol. The van der Waals surface area contributed by atoms with Crippen LogP contribution in [0.15, 0.2) is 54.7 Å². The van der Waals surface area contributed by atoms with Gasteiger partial charge in [0.15, 0.2) is 0 Å². The Balaban J connectivity index is 1.35. The molecule has 3 N–H and O–H groups in total. The molecule has 2 aromatic carbocycles. The third-order valence-electron chi connectivity index (χ3n) is 5.35. The minimum absolute atomic E-state index is 0.0627. The number of primary amides is 1. The molecule has 7 nitrogen and oxygen atoms in total. The molecule has 0 bridgehead atoms. The minimum atomic E-state index is -0.522. The van der Waals surface area contributed by atoms with Crippen LogP contribution in [0, 0.1) is 0 Å². The average Bonchev–Trinajstić information content (AvgIpc) is 3.16. The van der Waals surface area contributed by atoms with Crippen LogP contribution in [0.3, 0.4) is 0 Å². The maximum absolute atomic E-state index is 12.7. The topological polar surface area (TPSA) is 99.5 Å². The number of aromatic nitrogens is 1. The summed E-state index contributed by atoms with van der Waals surface area (Å²) in [4.78, 5) is 43.3. The number of hydrogen-bond acceptors (Lipinski definition) is 3. The lowest BCUT2D eigenvalue weighted by Crippen LogP contribution is -2.51. The number of nitrogens with one attached hydrogen (secondary N) is 1. The van der Waals surface area contributed by atoms with Gasteiger partial charge in [0, 0.05) is 54.4 Å². The summed E-state index contributed by atoms with van der Waals surface area (Å²) < 4.78 is 0. The van der Waals surface area contributed by atoms with Gasteiger partial charge >= 0.3 is 0 Å². The fourth-order valence-electron chi connectivity index (χ4n) is 3.67. The van der Waals surface area contributed by atoms with Crippen molar-refractivity contribution in [2.75, 3.05) is 26.2 Å². The Labute approximate surface area is 168 Å². The molecule has 0 saturated carbocycles. The van der Waals surface area contributed by atoms with Gasteiger partial charge in [0.25, 0.3) is 5.91 Å². The van der Waals surface area contributed by atoms with Crippen molar-refractivity contribution >= 4 is 28.6 Å². The molecular formula is C22H22N4O3. The van der Waals surface area contributed by atoms with E-state index in [0.717, 1.165) is 16.5 Å². The zero-order valence-corrected chi connectivity index (χ0v) is 15.9. The third-order valence-corrected chi connectivity index (χ3v) is 5.35. The highest BCUT2D eigenvalue weighted by Gasteiger charge is 2.25. The molecule has 1 aromatic heterocycles. The number of para-hydroxylation sites is 1. The Hall–Kier alpha value is -3.61.